The molecular formula is C25H39O4P. The van der Waals surface area contributed by atoms with E-state index in [0.29, 0.717) is 18.6 Å². The minimum absolute atomic E-state index is 0.0852. The number of ketones is 1. The van der Waals surface area contributed by atoms with Gasteiger partial charge in [0.15, 0.2) is 19.4 Å². The molecule has 0 bridgehead atoms. The quantitative estimate of drug-likeness (QED) is 0.126. The van der Waals surface area contributed by atoms with Crippen molar-refractivity contribution in [1.82, 2.24) is 0 Å². The van der Waals surface area contributed by atoms with Gasteiger partial charge < -0.3 is 4.74 Å². The number of aryl methyl sites for hydroxylation is 3. The average molecular weight is 435 g/mol. The minimum atomic E-state index is -1.29. The molecule has 30 heavy (non-hydrogen) atoms. The summed E-state index contributed by atoms with van der Waals surface area (Å²) in [5, 5.41) is -1.29. The van der Waals surface area contributed by atoms with Crippen molar-refractivity contribution in [2.45, 2.75) is 104 Å². The van der Waals surface area contributed by atoms with Gasteiger partial charge in [0.2, 0.25) is 0 Å². The first-order valence-corrected chi connectivity index (χ1v) is 12.2. The normalized spacial score (nSPS) is 13.2. The number of rotatable bonds is 15. The highest BCUT2D eigenvalue weighted by Gasteiger charge is 2.43. The summed E-state index contributed by atoms with van der Waals surface area (Å²) in [5.41, 5.74) is 3.52. The van der Waals surface area contributed by atoms with E-state index in [2.05, 4.69) is 6.92 Å². The van der Waals surface area contributed by atoms with E-state index >= 15 is 0 Å². The zero-order chi connectivity index (χ0) is 22.6. The Hall–Kier alpha value is -1.54. The van der Waals surface area contributed by atoms with Crippen LogP contribution in [-0.4, -0.2) is 23.5 Å². The number of carbonyl (C=O) groups excluding carboxylic acids is 2. The van der Waals surface area contributed by atoms with Gasteiger partial charge in [-0.15, -0.1) is 0 Å². The molecule has 5 heteroatoms. The van der Waals surface area contributed by atoms with Crippen molar-refractivity contribution in [3.05, 3.63) is 34.4 Å². The molecule has 0 radical (unpaired) electrons. The van der Waals surface area contributed by atoms with Crippen LogP contribution in [0, 0.1) is 20.8 Å². The third kappa shape index (κ3) is 7.95. The van der Waals surface area contributed by atoms with Crippen LogP contribution in [0.2, 0.25) is 0 Å². The first kappa shape index (κ1) is 26.5. The van der Waals surface area contributed by atoms with Crippen molar-refractivity contribution in [2.24, 2.45) is 0 Å². The maximum absolute atomic E-state index is 13.2. The lowest BCUT2D eigenvalue weighted by atomic mass is 9.88. The van der Waals surface area contributed by atoms with Crippen molar-refractivity contribution in [1.29, 1.82) is 0 Å². The first-order valence-electron chi connectivity index (χ1n) is 11.4. The molecule has 0 saturated carbocycles. The van der Waals surface area contributed by atoms with Gasteiger partial charge in [-0.25, -0.2) is 0 Å². The fourth-order valence-corrected chi connectivity index (χ4v) is 4.60. The lowest BCUT2D eigenvalue weighted by molar-refractivity contribution is -0.147. The molecule has 0 amide bonds. The Morgan fingerprint density at radius 1 is 0.900 bits per heavy atom. The second-order valence-corrected chi connectivity index (χ2v) is 9.54. The lowest BCUT2D eigenvalue weighted by Crippen LogP contribution is -2.37. The lowest BCUT2D eigenvalue weighted by Gasteiger charge is -2.25. The van der Waals surface area contributed by atoms with E-state index in [-0.39, 0.29) is 20.7 Å². The highest BCUT2D eigenvalue weighted by Crippen LogP contribution is 2.37. The Kier molecular flexibility index (Phi) is 12.1. The molecule has 0 saturated heterocycles. The highest BCUT2D eigenvalue weighted by atomic mass is 31.1. The van der Waals surface area contributed by atoms with Gasteiger partial charge in [-0.3, -0.25) is 14.2 Å². The van der Waals surface area contributed by atoms with Gasteiger partial charge in [-0.05, 0) is 44.7 Å². The van der Waals surface area contributed by atoms with Gasteiger partial charge in [-0.2, -0.15) is 0 Å². The molecule has 1 aromatic rings. The summed E-state index contributed by atoms with van der Waals surface area (Å²) in [7, 11) is -0.331. The average Bonchev–Trinajstić information content (AvgIpc) is 2.69. The molecule has 4 nitrogen and oxygen atoms in total. The van der Waals surface area contributed by atoms with Crippen LogP contribution >= 0.6 is 8.46 Å². The fraction of sp³-hybridized carbons (Fsp3) is 0.680. The van der Waals surface area contributed by atoms with E-state index in [1.165, 1.54) is 19.3 Å². The number of Topliss-reactive ketones (excluding diaryl/α,β-unsaturated/α-hetero) is 1. The number of esters is 1. The van der Waals surface area contributed by atoms with Gasteiger partial charge in [0, 0.05) is 12.0 Å². The number of carbonyl (C=O) groups is 2. The number of ether oxygens (including phenoxy) is 1. The maximum Gasteiger partial charge on any atom is 0.324 e. The zero-order valence-corrected chi connectivity index (χ0v) is 20.4. The fourth-order valence-electron chi connectivity index (χ4n) is 4.00. The van der Waals surface area contributed by atoms with Crippen molar-refractivity contribution >= 4 is 20.2 Å². The molecule has 0 fully saturated rings. The first-order chi connectivity index (χ1) is 14.3. The van der Waals surface area contributed by atoms with Crippen LogP contribution in [-0.2, 0) is 14.1 Å². The molecule has 0 heterocycles. The van der Waals surface area contributed by atoms with Crippen molar-refractivity contribution < 1.29 is 18.9 Å². The molecule has 0 aromatic heterocycles. The third-order valence-corrected chi connectivity index (χ3v) is 6.55. The number of hydrogen-bond donors (Lipinski definition) is 0. The summed E-state index contributed by atoms with van der Waals surface area (Å²) in [5.74, 6) is -0.641. The van der Waals surface area contributed by atoms with Crippen LogP contribution in [0.15, 0.2) is 12.1 Å². The van der Waals surface area contributed by atoms with Crippen molar-refractivity contribution in [3.8, 4) is 0 Å². The van der Waals surface area contributed by atoms with Crippen LogP contribution in [0.4, 0.5) is 0 Å². The Labute approximate surface area is 184 Å². The molecule has 0 spiro atoms. The van der Waals surface area contributed by atoms with Gasteiger partial charge in [0.25, 0.3) is 0 Å². The third-order valence-electron chi connectivity index (χ3n) is 5.64. The van der Waals surface area contributed by atoms with E-state index < -0.39 is 11.1 Å². The standard InChI is InChI=1S/C25H39O4P/c1-6-8-10-11-12-13-15-29-24(27)25(30-28,14-9-7-2)18-22(26)23-20(4)16-19(3)17-21(23)5/h16-17H,6-15,18H2,1-5H3. The summed E-state index contributed by atoms with van der Waals surface area (Å²) < 4.78 is 17.7. The second kappa shape index (κ2) is 13.7. The van der Waals surface area contributed by atoms with Gasteiger partial charge in [0.1, 0.15) is 0 Å². The van der Waals surface area contributed by atoms with E-state index in [9.17, 15) is 14.2 Å². The molecule has 0 aliphatic rings. The molecule has 0 aliphatic carbocycles. The van der Waals surface area contributed by atoms with Crippen LogP contribution < -0.4 is 0 Å². The Morgan fingerprint density at radius 3 is 2.03 bits per heavy atom. The van der Waals surface area contributed by atoms with E-state index in [1.807, 2.05) is 39.8 Å². The molecule has 0 aliphatic heterocycles. The van der Waals surface area contributed by atoms with E-state index in [4.69, 9.17) is 4.74 Å². The monoisotopic (exact) mass is 434 g/mol. The van der Waals surface area contributed by atoms with Crippen LogP contribution in [0.5, 0.6) is 0 Å². The Bertz CT molecular complexity index is 690. The summed E-state index contributed by atoms with van der Waals surface area (Å²) >= 11 is 0. The Morgan fingerprint density at radius 2 is 1.47 bits per heavy atom. The SMILES string of the molecule is CCCCCCCCOC(=O)C(CCCC)(CC(=O)c1c(C)cc(C)cc1C)P=O. The molecule has 1 atom stereocenters. The highest BCUT2D eigenvalue weighted by molar-refractivity contribution is 7.28. The smallest absolute Gasteiger partial charge is 0.324 e. The summed E-state index contributed by atoms with van der Waals surface area (Å²) in [4.78, 5) is 26.1. The predicted molar refractivity (Wildman–Crippen MR) is 124 cm³/mol. The van der Waals surface area contributed by atoms with Crippen molar-refractivity contribution in [3.63, 3.8) is 0 Å². The van der Waals surface area contributed by atoms with Gasteiger partial charge >= 0.3 is 5.97 Å². The van der Waals surface area contributed by atoms with E-state index in [1.54, 1.807) is 0 Å². The summed E-state index contributed by atoms with van der Waals surface area (Å²) in [6, 6.07) is 3.94. The minimum Gasteiger partial charge on any atom is -0.465 e. The van der Waals surface area contributed by atoms with E-state index in [0.717, 1.165) is 48.8 Å². The molecule has 168 valence electrons. The van der Waals surface area contributed by atoms with Crippen LogP contribution in [0.3, 0.4) is 0 Å². The maximum atomic E-state index is 13.2. The number of hydrogen-bond acceptors (Lipinski definition) is 4. The summed E-state index contributed by atoms with van der Waals surface area (Å²) in [6.07, 6.45) is 8.48. The topological polar surface area (TPSA) is 60.4 Å². The van der Waals surface area contributed by atoms with Crippen LogP contribution in [0.1, 0.15) is 105 Å². The largest absolute Gasteiger partial charge is 0.465 e. The molecular weight excluding hydrogens is 395 g/mol. The summed E-state index contributed by atoms with van der Waals surface area (Å²) in [6.45, 7) is 10.3. The Balaban J connectivity index is 2.87. The molecule has 1 aromatic carbocycles. The molecule has 0 N–H and O–H groups in total. The predicted octanol–water partition coefficient (Wildman–Crippen LogP) is 7.31. The van der Waals surface area contributed by atoms with Crippen LogP contribution in [0.25, 0.3) is 0 Å². The van der Waals surface area contributed by atoms with Gasteiger partial charge in [-0.1, -0.05) is 76.5 Å². The molecule has 1 unspecified atom stereocenters. The van der Waals surface area contributed by atoms with Crippen molar-refractivity contribution in [2.75, 3.05) is 6.61 Å². The van der Waals surface area contributed by atoms with Gasteiger partial charge in [0.05, 0.1) is 6.61 Å². The number of unbranched alkanes of at least 4 members (excludes halogenated alkanes) is 6. The zero-order valence-electron chi connectivity index (χ0n) is 19.5. The number of benzene rings is 1. The second-order valence-electron chi connectivity index (χ2n) is 8.50. The molecule has 1 rings (SSSR count).